The molecule has 26 heavy (non-hydrogen) atoms. The van der Waals surface area contributed by atoms with E-state index in [-0.39, 0.29) is 23.1 Å². The van der Waals surface area contributed by atoms with Gasteiger partial charge in [-0.2, -0.15) is 0 Å². The molecule has 1 aromatic rings. The smallest absolute Gasteiger partial charge is 0.251 e. The van der Waals surface area contributed by atoms with Crippen molar-refractivity contribution in [3.8, 4) is 5.75 Å². The van der Waals surface area contributed by atoms with Gasteiger partial charge in [0.05, 0.1) is 17.9 Å². The molecule has 1 aliphatic carbocycles. The van der Waals surface area contributed by atoms with E-state index in [0.29, 0.717) is 37.8 Å². The Balaban J connectivity index is 1.55. The van der Waals surface area contributed by atoms with E-state index in [9.17, 15) is 19.2 Å². The van der Waals surface area contributed by atoms with Crippen LogP contribution in [-0.2, 0) is 6.42 Å². The van der Waals surface area contributed by atoms with E-state index in [0.717, 1.165) is 30.6 Å². The molecule has 1 aromatic carbocycles. The first-order chi connectivity index (χ1) is 12.4. The molecule has 4 rings (SSSR count). The number of anilines is 2. The summed E-state index contributed by atoms with van der Waals surface area (Å²) in [5.41, 5.74) is 1.48. The molecule has 2 heterocycles. The van der Waals surface area contributed by atoms with E-state index in [1.807, 2.05) is 11.0 Å². The van der Waals surface area contributed by atoms with Crippen LogP contribution in [0.5, 0.6) is 5.75 Å². The predicted octanol–water partition coefficient (Wildman–Crippen LogP) is 2.87. The molecule has 3 aliphatic rings. The number of alkyl halides is 2. The Morgan fingerprint density at radius 1 is 1.31 bits per heavy atom. The van der Waals surface area contributed by atoms with Crippen LogP contribution < -0.4 is 14.9 Å². The third-order valence-electron chi connectivity index (χ3n) is 5.80. The van der Waals surface area contributed by atoms with Crippen molar-refractivity contribution in [2.75, 3.05) is 42.9 Å². The van der Waals surface area contributed by atoms with Gasteiger partial charge in [0, 0.05) is 44.2 Å². The van der Waals surface area contributed by atoms with Crippen molar-refractivity contribution >= 4 is 11.4 Å². The van der Waals surface area contributed by atoms with E-state index in [1.165, 1.54) is 0 Å². The fourth-order valence-corrected chi connectivity index (χ4v) is 4.19. The van der Waals surface area contributed by atoms with Crippen LogP contribution in [0.2, 0.25) is 0 Å². The second-order valence-corrected chi connectivity index (χ2v) is 7.77. The summed E-state index contributed by atoms with van der Waals surface area (Å²) >= 11 is 0. The fraction of sp³-hybridized carbons (Fsp3) is 0.667. The topological polar surface area (TPSA) is 62.2 Å². The number of piperazine rings is 1. The number of benzene rings is 1. The average Bonchev–Trinajstić information content (AvgIpc) is 3.37. The zero-order valence-electron chi connectivity index (χ0n) is 14.8. The summed E-state index contributed by atoms with van der Waals surface area (Å²) in [4.78, 5) is 3.66. The summed E-state index contributed by atoms with van der Waals surface area (Å²) in [7, 11) is 0. The Hall–Kier alpha value is -1.64. The number of hydrogen-bond donors (Lipinski definition) is 1. The van der Waals surface area contributed by atoms with E-state index < -0.39 is 6.43 Å². The minimum Gasteiger partial charge on any atom is -0.733 e. The highest BCUT2D eigenvalue weighted by molar-refractivity contribution is 5.75. The van der Waals surface area contributed by atoms with Crippen molar-refractivity contribution < 1.29 is 18.7 Å². The third kappa shape index (κ3) is 3.33. The van der Waals surface area contributed by atoms with E-state index in [4.69, 9.17) is 4.74 Å². The number of fused-ring (bicyclic) bond motifs is 1. The van der Waals surface area contributed by atoms with Gasteiger partial charge in [-0.25, -0.2) is 8.78 Å². The first-order valence-corrected chi connectivity index (χ1v) is 9.13. The Morgan fingerprint density at radius 3 is 2.58 bits per heavy atom. The molecular formula is C18H24F2N3O3-. The monoisotopic (exact) mass is 368 g/mol. The zero-order valence-corrected chi connectivity index (χ0v) is 14.8. The standard InChI is InChI=1S/C18H24F2N3O3/c1-18(13-2-3-13)10-12-8-15(23(24)25)14(9-16(12)26-18)22-6-4-21(5-7-22)11-17(19)20/h8-9,13,17,24H,2-7,10-11H2,1H3/q-1. The van der Waals surface area contributed by atoms with Gasteiger partial charge < -0.3 is 20.1 Å². The summed E-state index contributed by atoms with van der Waals surface area (Å²) in [6.07, 6.45) is 0.699. The summed E-state index contributed by atoms with van der Waals surface area (Å²) in [5, 5.41) is 21.2. The largest absolute Gasteiger partial charge is 0.733 e. The maximum atomic E-state index is 12.5. The second kappa shape index (κ2) is 6.51. The number of rotatable bonds is 5. The lowest BCUT2D eigenvalue weighted by Crippen LogP contribution is -2.48. The molecule has 8 heteroatoms. The van der Waals surface area contributed by atoms with E-state index in [1.54, 1.807) is 11.0 Å². The Labute approximate surface area is 151 Å². The minimum absolute atomic E-state index is 0.103. The van der Waals surface area contributed by atoms with Crippen molar-refractivity contribution in [1.29, 1.82) is 0 Å². The molecule has 1 atom stereocenters. The lowest BCUT2D eigenvalue weighted by atomic mass is 9.94. The molecule has 2 fully saturated rings. The maximum Gasteiger partial charge on any atom is 0.251 e. The Kier molecular flexibility index (Phi) is 4.45. The minimum atomic E-state index is -2.35. The molecule has 0 amide bonds. The van der Waals surface area contributed by atoms with Crippen LogP contribution in [-0.4, -0.2) is 54.9 Å². The first kappa shape index (κ1) is 17.8. The number of hydrogen-bond acceptors (Lipinski definition) is 6. The van der Waals surface area contributed by atoms with Gasteiger partial charge in [0.25, 0.3) is 6.43 Å². The molecule has 1 N–H and O–H groups in total. The molecule has 0 spiro atoms. The number of ether oxygens (including phenoxy) is 1. The summed E-state index contributed by atoms with van der Waals surface area (Å²) in [6.45, 7) is 3.89. The van der Waals surface area contributed by atoms with Crippen LogP contribution >= 0.6 is 0 Å². The van der Waals surface area contributed by atoms with Crippen molar-refractivity contribution in [3.63, 3.8) is 0 Å². The Bertz CT molecular complexity index is 676. The first-order valence-electron chi connectivity index (χ1n) is 9.13. The molecule has 1 saturated heterocycles. The molecule has 0 aromatic heterocycles. The summed E-state index contributed by atoms with van der Waals surface area (Å²) < 4.78 is 31.3. The van der Waals surface area contributed by atoms with Crippen molar-refractivity contribution in [2.24, 2.45) is 5.92 Å². The number of nitrogens with zero attached hydrogens (tertiary/aromatic N) is 3. The van der Waals surface area contributed by atoms with Gasteiger partial charge in [-0.3, -0.25) is 10.1 Å². The van der Waals surface area contributed by atoms with E-state index in [2.05, 4.69) is 6.92 Å². The normalized spacial score (nSPS) is 26.2. The van der Waals surface area contributed by atoms with Crippen molar-refractivity contribution in [1.82, 2.24) is 4.90 Å². The maximum absolute atomic E-state index is 12.5. The zero-order chi connectivity index (χ0) is 18.5. The van der Waals surface area contributed by atoms with Crippen LogP contribution in [0.1, 0.15) is 25.3 Å². The molecule has 2 aliphatic heterocycles. The highest BCUT2D eigenvalue weighted by Gasteiger charge is 2.47. The Morgan fingerprint density at radius 2 is 2.00 bits per heavy atom. The van der Waals surface area contributed by atoms with Gasteiger partial charge >= 0.3 is 0 Å². The van der Waals surface area contributed by atoms with Gasteiger partial charge in [0.2, 0.25) is 0 Å². The molecule has 0 bridgehead atoms. The quantitative estimate of drug-likeness (QED) is 0.807. The van der Waals surface area contributed by atoms with Crippen LogP contribution in [0.4, 0.5) is 20.2 Å². The molecular weight excluding hydrogens is 344 g/mol. The van der Waals surface area contributed by atoms with Crippen LogP contribution in [0.15, 0.2) is 12.1 Å². The lowest BCUT2D eigenvalue weighted by Gasteiger charge is -2.38. The molecule has 144 valence electrons. The highest BCUT2D eigenvalue weighted by Crippen LogP contribution is 2.51. The van der Waals surface area contributed by atoms with Crippen LogP contribution in [0, 0.1) is 11.1 Å². The van der Waals surface area contributed by atoms with Gasteiger partial charge in [0.1, 0.15) is 11.4 Å². The SMILES string of the molecule is CC1(C2CC2)Cc2cc(N([O-])O)c(N3CCN(CC(F)F)CC3)cc2O1. The lowest BCUT2D eigenvalue weighted by molar-refractivity contribution is 0.0854. The van der Waals surface area contributed by atoms with Gasteiger partial charge in [-0.05, 0) is 31.7 Å². The average molecular weight is 368 g/mol. The van der Waals surface area contributed by atoms with Crippen molar-refractivity contribution in [2.45, 2.75) is 38.2 Å². The van der Waals surface area contributed by atoms with Crippen LogP contribution in [0.3, 0.4) is 0 Å². The summed E-state index contributed by atoms with van der Waals surface area (Å²) in [6, 6.07) is 3.53. The number of halogens is 2. The van der Waals surface area contributed by atoms with E-state index >= 15 is 0 Å². The van der Waals surface area contributed by atoms with Gasteiger partial charge in [-0.15, -0.1) is 0 Å². The highest BCUT2D eigenvalue weighted by atomic mass is 19.3. The predicted molar refractivity (Wildman–Crippen MR) is 94.2 cm³/mol. The second-order valence-electron chi connectivity index (χ2n) is 7.77. The molecule has 6 nitrogen and oxygen atoms in total. The van der Waals surface area contributed by atoms with Gasteiger partial charge in [-0.1, -0.05) is 0 Å². The molecule has 1 unspecified atom stereocenters. The van der Waals surface area contributed by atoms with Gasteiger partial charge in [0.15, 0.2) is 0 Å². The van der Waals surface area contributed by atoms with Crippen LogP contribution in [0.25, 0.3) is 0 Å². The van der Waals surface area contributed by atoms with Crippen molar-refractivity contribution in [3.05, 3.63) is 22.9 Å². The molecule has 0 radical (unpaired) electrons. The summed E-state index contributed by atoms with van der Waals surface area (Å²) in [5.74, 6) is 1.30. The fourth-order valence-electron chi connectivity index (χ4n) is 4.19. The third-order valence-corrected chi connectivity index (χ3v) is 5.80. The molecule has 1 saturated carbocycles.